The van der Waals surface area contributed by atoms with Crippen molar-refractivity contribution in [2.75, 3.05) is 0 Å². The van der Waals surface area contributed by atoms with Crippen molar-refractivity contribution in [3.8, 4) is 10.6 Å². The van der Waals surface area contributed by atoms with Gasteiger partial charge in [0.25, 0.3) is 5.91 Å². The van der Waals surface area contributed by atoms with Crippen LogP contribution >= 0.6 is 11.3 Å². The zero-order valence-electron chi connectivity index (χ0n) is 11.8. The van der Waals surface area contributed by atoms with Crippen LogP contribution < -0.4 is 5.48 Å². The van der Waals surface area contributed by atoms with E-state index in [9.17, 15) is 4.79 Å². The third-order valence-corrected chi connectivity index (χ3v) is 4.40. The first kappa shape index (κ1) is 14.5. The van der Waals surface area contributed by atoms with Crippen molar-refractivity contribution in [3.63, 3.8) is 0 Å². The van der Waals surface area contributed by atoms with Crippen LogP contribution in [-0.2, 0) is 13.0 Å². The van der Waals surface area contributed by atoms with Crippen molar-refractivity contribution >= 4 is 17.2 Å². The second-order valence-corrected chi connectivity index (χ2v) is 5.89. The van der Waals surface area contributed by atoms with Gasteiger partial charge in [0, 0.05) is 12.7 Å². The summed E-state index contributed by atoms with van der Waals surface area (Å²) in [5.74, 6) is -0.500. The summed E-state index contributed by atoms with van der Waals surface area (Å²) in [6.45, 7) is 0.805. The summed E-state index contributed by atoms with van der Waals surface area (Å²) >= 11 is 1.30. The summed E-state index contributed by atoms with van der Waals surface area (Å²) < 4.78 is 1.90. The fourth-order valence-corrected chi connectivity index (χ4v) is 3.02. The van der Waals surface area contributed by atoms with Crippen molar-refractivity contribution < 1.29 is 10.0 Å². The zero-order chi connectivity index (χ0) is 15.4. The molecule has 6 heteroatoms. The molecule has 0 aliphatic carbocycles. The Morgan fingerprint density at radius 1 is 1.18 bits per heavy atom. The highest BCUT2D eigenvalue weighted by atomic mass is 32.1. The number of amides is 1. The standard InChI is InChI=1S/C16H15N3O2S/c20-16(18-21)15-7-6-14(22-15)13-9-11-19(17-13)10-8-12-4-2-1-3-5-12/h1-7,9,11,21H,8,10H2,(H,18,20). The molecule has 0 bridgehead atoms. The van der Waals surface area contributed by atoms with Gasteiger partial charge in [-0.25, -0.2) is 5.48 Å². The van der Waals surface area contributed by atoms with Crippen molar-refractivity contribution in [3.05, 3.63) is 65.2 Å². The average molecular weight is 313 g/mol. The van der Waals surface area contributed by atoms with Crippen LogP contribution in [0.1, 0.15) is 15.2 Å². The Morgan fingerprint density at radius 3 is 2.77 bits per heavy atom. The number of carbonyl (C=O) groups excluding carboxylic acids is 1. The Kier molecular flexibility index (Phi) is 4.32. The van der Waals surface area contributed by atoms with Gasteiger partial charge in [-0.15, -0.1) is 11.3 Å². The Hall–Kier alpha value is -2.44. The third kappa shape index (κ3) is 3.24. The molecule has 22 heavy (non-hydrogen) atoms. The fourth-order valence-electron chi connectivity index (χ4n) is 2.16. The number of nitrogens with one attached hydrogen (secondary N) is 1. The van der Waals surface area contributed by atoms with Gasteiger partial charge in [-0.2, -0.15) is 5.10 Å². The molecule has 5 nitrogen and oxygen atoms in total. The Bertz CT molecular complexity index is 765. The lowest BCUT2D eigenvalue weighted by Gasteiger charge is -2.01. The minimum atomic E-state index is -0.500. The molecule has 0 atom stereocenters. The van der Waals surface area contributed by atoms with E-state index in [1.165, 1.54) is 16.9 Å². The second kappa shape index (κ2) is 6.55. The van der Waals surface area contributed by atoms with Gasteiger partial charge in [0.2, 0.25) is 0 Å². The number of benzene rings is 1. The van der Waals surface area contributed by atoms with E-state index in [1.54, 1.807) is 11.5 Å². The molecule has 0 aliphatic rings. The SMILES string of the molecule is O=C(NO)c1ccc(-c2ccn(CCc3ccccc3)n2)s1. The number of aromatic nitrogens is 2. The molecule has 1 amide bonds. The smallest absolute Gasteiger partial charge is 0.284 e. The van der Waals surface area contributed by atoms with Gasteiger partial charge in [0.05, 0.1) is 9.75 Å². The van der Waals surface area contributed by atoms with Crippen LogP contribution in [0.5, 0.6) is 0 Å². The summed E-state index contributed by atoms with van der Waals surface area (Å²) in [6.07, 6.45) is 2.86. The van der Waals surface area contributed by atoms with Crippen molar-refractivity contribution in [1.82, 2.24) is 15.3 Å². The lowest BCUT2D eigenvalue weighted by Crippen LogP contribution is -2.16. The van der Waals surface area contributed by atoms with Crippen molar-refractivity contribution in [2.45, 2.75) is 13.0 Å². The van der Waals surface area contributed by atoms with Crippen LogP contribution in [0.4, 0.5) is 0 Å². The molecule has 0 spiro atoms. The largest absolute Gasteiger partial charge is 0.288 e. The minimum Gasteiger partial charge on any atom is -0.288 e. The molecule has 2 N–H and O–H groups in total. The van der Waals surface area contributed by atoms with Crippen molar-refractivity contribution in [1.29, 1.82) is 0 Å². The molecule has 0 aliphatic heterocycles. The van der Waals surface area contributed by atoms with Gasteiger partial charge in [-0.3, -0.25) is 14.7 Å². The zero-order valence-corrected chi connectivity index (χ0v) is 12.6. The molecule has 112 valence electrons. The summed E-state index contributed by atoms with van der Waals surface area (Å²) in [5, 5.41) is 13.2. The fraction of sp³-hybridized carbons (Fsp3) is 0.125. The number of rotatable bonds is 5. The molecule has 3 rings (SSSR count). The predicted molar refractivity (Wildman–Crippen MR) is 84.9 cm³/mol. The number of aryl methyl sites for hydroxylation is 2. The number of hydrogen-bond acceptors (Lipinski definition) is 4. The second-order valence-electron chi connectivity index (χ2n) is 4.80. The lowest BCUT2D eigenvalue weighted by molar-refractivity contribution is 0.0711. The highest BCUT2D eigenvalue weighted by Crippen LogP contribution is 2.26. The summed E-state index contributed by atoms with van der Waals surface area (Å²) in [6, 6.07) is 15.7. The van der Waals surface area contributed by atoms with E-state index in [0.29, 0.717) is 4.88 Å². The van der Waals surface area contributed by atoms with E-state index in [-0.39, 0.29) is 0 Å². The number of carbonyl (C=O) groups is 1. The van der Waals surface area contributed by atoms with E-state index in [0.717, 1.165) is 23.5 Å². The quantitative estimate of drug-likeness (QED) is 0.562. The molecule has 1 aromatic carbocycles. The maximum absolute atomic E-state index is 11.3. The topological polar surface area (TPSA) is 67.2 Å². The molecule has 0 radical (unpaired) electrons. The normalized spacial score (nSPS) is 10.6. The molecule has 0 saturated carbocycles. The van der Waals surface area contributed by atoms with Crippen LogP contribution in [0, 0.1) is 0 Å². The first-order valence-corrected chi connectivity index (χ1v) is 7.70. The number of nitrogens with zero attached hydrogens (tertiary/aromatic N) is 2. The molecule has 0 saturated heterocycles. The van der Waals surface area contributed by atoms with Crippen LogP contribution in [0.3, 0.4) is 0 Å². The summed E-state index contributed by atoms with van der Waals surface area (Å²) in [4.78, 5) is 12.7. The number of thiophene rings is 1. The Balaban J connectivity index is 1.68. The average Bonchev–Trinajstić information content (AvgIpc) is 3.22. The molecule has 0 unspecified atom stereocenters. The van der Waals surface area contributed by atoms with E-state index in [2.05, 4.69) is 17.2 Å². The van der Waals surface area contributed by atoms with Gasteiger partial charge < -0.3 is 0 Å². The van der Waals surface area contributed by atoms with Gasteiger partial charge in [-0.1, -0.05) is 30.3 Å². The van der Waals surface area contributed by atoms with Gasteiger partial charge in [0.1, 0.15) is 5.69 Å². The summed E-state index contributed by atoms with van der Waals surface area (Å²) in [7, 11) is 0. The van der Waals surface area contributed by atoms with Crippen LogP contribution in [0.25, 0.3) is 10.6 Å². The Labute approximate surface area is 131 Å². The first-order valence-electron chi connectivity index (χ1n) is 6.88. The summed E-state index contributed by atoms with van der Waals surface area (Å²) in [5.41, 5.74) is 3.74. The maximum atomic E-state index is 11.3. The highest BCUT2D eigenvalue weighted by molar-refractivity contribution is 7.17. The van der Waals surface area contributed by atoms with Crippen LogP contribution in [0.15, 0.2) is 54.7 Å². The minimum absolute atomic E-state index is 0.455. The van der Waals surface area contributed by atoms with E-state index < -0.39 is 5.91 Å². The van der Waals surface area contributed by atoms with Crippen LogP contribution in [-0.4, -0.2) is 20.9 Å². The van der Waals surface area contributed by atoms with E-state index >= 15 is 0 Å². The monoisotopic (exact) mass is 313 g/mol. The number of hydroxylamine groups is 1. The first-order chi connectivity index (χ1) is 10.8. The van der Waals surface area contributed by atoms with Gasteiger partial charge in [-0.05, 0) is 30.2 Å². The molecule has 3 aromatic rings. The van der Waals surface area contributed by atoms with Crippen molar-refractivity contribution in [2.24, 2.45) is 0 Å². The number of hydrogen-bond donors (Lipinski definition) is 2. The molecular weight excluding hydrogens is 298 g/mol. The molecule has 2 heterocycles. The van der Waals surface area contributed by atoms with E-state index in [1.807, 2.05) is 41.2 Å². The highest BCUT2D eigenvalue weighted by Gasteiger charge is 2.11. The molecule has 0 fully saturated rings. The Morgan fingerprint density at radius 2 is 2.00 bits per heavy atom. The maximum Gasteiger partial charge on any atom is 0.284 e. The van der Waals surface area contributed by atoms with E-state index in [4.69, 9.17) is 5.21 Å². The molecular formula is C16H15N3O2S. The molecule has 2 aromatic heterocycles. The van der Waals surface area contributed by atoms with Gasteiger partial charge in [0.15, 0.2) is 0 Å². The third-order valence-electron chi connectivity index (χ3n) is 3.30. The lowest BCUT2D eigenvalue weighted by atomic mass is 10.2. The van der Waals surface area contributed by atoms with Crippen LogP contribution in [0.2, 0.25) is 0 Å². The van der Waals surface area contributed by atoms with Gasteiger partial charge >= 0.3 is 0 Å². The predicted octanol–water partition coefficient (Wildman–Crippen LogP) is 2.97.